The molecule has 92 valence electrons. The lowest BCUT2D eigenvalue weighted by atomic mass is 10.4. The molecule has 0 saturated heterocycles. The Morgan fingerprint density at radius 2 is 2.53 bits per heavy atom. The summed E-state index contributed by atoms with van der Waals surface area (Å²) in [6.45, 7) is 2.35. The number of rotatable bonds is 5. The van der Waals surface area contributed by atoms with Gasteiger partial charge in [0.15, 0.2) is 0 Å². The smallest absolute Gasteiger partial charge is 0.372 e. The summed E-state index contributed by atoms with van der Waals surface area (Å²) in [5, 5.41) is 15.7. The maximum atomic E-state index is 11.0. The van der Waals surface area contributed by atoms with E-state index in [1.54, 1.807) is 18.7 Å². The summed E-state index contributed by atoms with van der Waals surface area (Å²) >= 11 is 1.36. The zero-order valence-corrected chi connectivity index (χ0v) is 10.2. The molecule has 0 bridgehead atoms. The van der Waals surface area contributed by atoms with Crippen molar-refractivity contribution in [2.45, 2.75) is 13.0 Å². The Labute approximate surface area is 101 Å². The summed E-state index contributed by atoms with van der Waals surface area (Å²) in [6.07, 6.45) is 1.60. The molecular weight excluding hydrogens is 244 g/mol. The minimum Gasteiger partial charge on any atom is -0.380 e. The number of methoxy groups -OCH3 is 1. The lowest BCUT2D eigenvalue weighted by molar-refractivity contribution is -0.389. The predicted octanol–water partition coefficient (Wildman–Crippen LogP) is 1.75. The molecule has 0 aliphatic rings. The van der Waals surface area contributed by atoms with Gasteiger partial charge in [0, 0.05) is 19.0 Å². The Kier molecular flexibility index (Phi) is 3.25. The number of thiazole rings is 1. The van der Waals surface area contributed by atoms with Gasteiger partial charge >= 0.3 is 5.82 Å². The van der Waals surface area contributed by atoms with Gasteiger partial charge in [-0.05, 0) is 11.8 Å². The van der Waals surface area contributed by atoms with Crippen LogP contribution in [0.3, 0.4) is 0 Å². The molecule has 0 saturated carbocycles. The number of nitrogens with zero attached hydrogens (tertiary/aromatic N) is 3. The molecular formula is C9H12N4O3S. The molecule has 0 spiro atoms. The Hall–Kier alpha value is -1.67. The Morgan fingerprint density at radius 1 is 1.76 bits per heavy atom. The van der Waals surface area contributed by atoms with E-state index in [0.717, 1.165) is 0 Å². The maximum absolute atomic E-state index is 11.0. The van der Waals surface area contributed by atoms with Crippen LogP contribution in [0.25, 0.3) is 4.96 Å². The molecule has 0 aliphatic heterocycles. The molecule has 0 aliphatic carbocycles. The maximum Gasteiger partial charge on any atom is 0.372 e. The van der Waals surface area contributed by atoms with Gasteiger partial charge in [0.25, 0.3) is 4.96 Å². The summed E-state index contributed by atoms with van der Waals surface area (Å²) in [5.74, 6) is 0.246. The monoisotopic (exact) mass is 256 g/mol. The van der Waals surface area contributed by atoms with E-state index in [4.69, 9.17) is 4.74 Å². The predicted molar refractivity (Wildman–Crippen MR) is 64.7 cm³/mol. The number of aromatic nitrogens is 2. The van der Waals surface area contributed by atoms with Gasteiger partial charge in [-0.25, -0.2) is 0 Å². The topological polar surface area (TPSA) is 81.7 Å². The van der Waals surface area contributed by atoms with Gasteiger partial charge in [-0.3, -0.25) is 0 Å². The standard InChI is InChI=1S/C9H12N4O3S/c1-6(16-2)5-10-7-8(13(14)15)12-3-4-17-9(12)11-7/h3-4,6,10H,5H2,1-2H3. The first-order valence-electron chi connectivity index (χ1n) is 5.00. The van der Waals surface area contributed by atoms with Crippen LogP contribution >= 0.6 is 11.3 Å². The highest BCUT2D eigenvalue weighted by molar-refractivity contribution is 7.15. The van der Waals surface area contributed by atoms with E-state index >= 15 is 0 Å². The first kappa shape index (κ1) is 11.8. The number of imidazole rings is 1. The summed E-state index contributed by atoms with van der Waals surface area (Å²) in [6, 6.07) is 0. The van der Waals surface area contributed by atoms with Crippen molar-refractivity contribution in [1.82, 2.24) is 9.38 Å². The highest BCUT2D eigenvalue weighted by Gasteiger charge is 2.23. The van der Waals surface area contributed by atoms with Crippen LogP contribution in [0.1, 0.15) is 6.92 Å². The third-order valence-electron chi connectivity index (χ3n) is 2.37. The first-order valence-corrected chi connectivity index (χ1v) is 5.88. The lowest BCUT2D eigenvalue weighted by Crippen LogP contribution is -2.18. The molecule has 0 fully saturated rings. The number of nitro groups is 1. The fraction of sp³-hybridized carbons (Fsp3) is 0.444. The van der Waals surface area contributed by atoms with Crippen LogP contribution in [-0.4, -0.2) is 34.1 Å². The van der Waals surface area contributed by atoms with Crippen molar-refractivity contribution in [3.8, 4) is 0 Å². The van der Waals surface area contributed by atoms with Crippen molar-refractivity contribution in [2.75, 3.05) is 19.0 Å². The van der Waals surface area contributed by atoms with Gasteiger partial charge in [-0.15, -0.1) is 0 Å². The number of fused-ring (bicyclic) bond motifs is 1. The quantitative estimate of drug-likeness (QED) is 0.651. The molecule has 2 rings (SSSR count). The molecule has 8 heteroatoms. The van der Waals surface area contributed by atoms with Crippen molar-refractivity contribution in [1.29, 1.82) is 0 Å². The van der Waals surface area contributed by atoms with Crippen molar-refractivity contribution in [3.05, 3.63) is 21.7 Å². The SMILES string of the molecule is COC(C)CNc1nc2sccn2c1[N+](=O)[O-]. The van der Waals surface area contributed by atoms with E-state index < -0.39 is 4.92 Å². The van der Waals surface area contributed by atoms with E-state index in [0.29, 0.717) is 11.5 Å². The van der Waals surface area contributed by atoms with Crippen LogP contribution in [0, 0.1) is 10.1 Å². The number of hydrogen-bond acceptors (Lipinski definition) is 6. The van der Waals surface area contributed by atoms with E-state index in [-0.39, 0.29) is 17.7 Å². The van der Waals surface area contributed by atoms with Gasteiger partial charge in [0.1, 0.15) is 6.20 Å². The Morgan fingerprint density at radius 3 is 3.18 bits per heavy atom. The number of anilines is 1. The van der Waals surface area contributed by atoms with Crippen LogP contribution in [0.4, 0.5) is 11.6 Å². The first-order chi connectivity index (χ1) is 8.13. The summed E-state index contributed by atoms with van der Waals surface area (Å²) in [5.41, 5.74) is 0. The minimum atomic E-state index is -0.438. The molecule has 0 radical (unpaired) electrons. The second-order valence-electron chi connectivity index (χ2n) is 3.52. The molecule has 2 heterocycles. The number of ether oxygens (including phenoxy) is 1. The molecule has 1 N–H and O–H groups in total. The van der Waals surface area contributed by atoms with E-state index in [9.17, 15) is 10.1 Å². The van der Waals surface area contributed by atoms with Crippen molar-refractivity contribution < 1.29 is 9.66 Å². The third-order valence-corrected chi connectivity index (χ3v) is 3.13. The van der Waals surface area contributed by atoms with Crippen LogP contribution in [0.5, 0.6) is 0 Å². The van der Waals surface area contributed by atoms with Crippen LogP contribution in [0.2, 0.25) is 0 Å². The zero-order chi connectivity index (χ0) is 12.4. The average Bonchev–Trinajstić information content (AvgIpc) is 2.84. The average molecular weight is 256 g/mol. The van der Waals surface area contributed by atoms with E-state index in [1.807, 2.05) is 6.92 Å². The summed E-state index contributed by atoms with van der Waals surface area (Å²) < 4.78 is 6.53. The highest BCUT2D eigenvalue weighted by Crippen LogP contribution is 2.27. The normalized spacial score (nSPS) is 12.8. The molecule has 2 aromatic heterocycles. The Bertz CT molecular complexity index is 535. The molecule has 7 nitrogen and oxygen atoms in total. The van der Waals surface area contributed by atoms with Gasteiger partial charge in [-0.1, -0.05) is 11.3 Å². The van der Waals surface area contributed by atoms with Crippen molar-refractivity contribution in [3.63, 3.8) is 0 Å². The fourth-order valence-electron chi connectivity index (χ4n) is 1.39. The molecule has 0 aromatic carbocycles. The van der Waals surface area contributed by atoms with Gasteiger partial charge in [0.2, 0.25) is 5.82 Å². The number of hydrogen-bond donors (Lipinski definition) is 1. The Balaban J connectivity index is 2.29. The van der Waals surface area contributed by atoms with Crippen LogP contribution in [-0.2, 0) is 4.74 Å². The molecule has 2 aromatic rings. The third kappa shape index (κ3) is 2.22. The van der Waals surface area contributed by atoms with Gasteiger partial charge in [-0.2, -0.15) is 9.38 Å². The van der Waals surface area contributed by atoms with E-state index in [1.165, 1.54) is 15.7 Å². The number of nitrogens with one attached hydrogen (secondary N) is 1. The second-order valence-corrected chi connectivity index (χ2v) is 4.40. The van der Waals surface area contributed by atoms with Crippen molar-refractivity contribution in [2.24, 2.45) is 0 Å². The molecule has 1 atom stereocenters. The molecule has 0 amide bonds. The molecule has 1 unspecified atom stereocenters. The largest absolute Gasteiger partial charge is 0.380 e. The van der Waals surface area contributed by atoms with E-state index in [2.05, 4.69) is 10.3 Å². The van der Waals surface area contributed by atoms with Crippen molar-refractivity contribution >= 4 is 27.9 Å². The van der Waals surface area contributed by atoms with Gasteiger partial charge in [0.05, 0.1) is 6.10 Å². The van der Waals surface area contributed by atoms with Gasteiger partial charge < -0.3 is 20.2 Å². The lowest BCUT2D eigenvalue weighted by Gasteiger charge is -2.09. The van der Waals surface area contributed by atoms with Crippen LogP contribution in [0.15, 0.2) is 11.6 Å². The summed E-state index contributed by atoms with van der Waals surface area (Å²) in [7, 11) is 1.59. The minimum absolute atomic E-state index is 0.0330. The molecule has 17 heavy (non-hydrogen) atoms. The summed E-state index contributed by atoms with van der Waals surface area (Å²) in [4.78, 5) is 15.3. The fourth-order valence-corrected chi connectivity index (χ4v) is 2.10. The second kappa shape index (κ2) is 4.68. The highest BCUT2D eigenvalue weighted by atomic mass is 32.1. The van der Waals surface area contributed by atoms with Crippen LogP contribution < -0.4 is 5.32 Å². The zero-order valence-electron chi connectivity index (χ0n) is 9.41.